The fourth-order valence-corrected chi connectivity index (χ4v) is 2.60. The lowest BCUT2D eigenvalue weighted by molar-refractivity contribution is -0.136. The number of hydrogen-bond donors (Lipinski definition) is 0. The van der Waals surface area contributed by atoms with Gasteiger partial charge in [0.05, 0.1) is 25.4 Å². The Balaban J connectivity index is 2.11. The van der Waals surface area contributed by atoms with Crippen molar-refractivity contribution in [3.8, 4) is 5.88 Å². The Bertz CT molecular complexity index is 460. The van der Waals surface area contributed by atoms with E-state index in [0.717, 1.165) is 10.2 Å². The lowest BCUT2D eigenvalue weighted by Crippen LogP contribution is -2.43. The van der Waals surface area contributed by atoms with E-state index >= 15 is 0 Å². The number of ether oxygens (including phenoxy) is 2. The van der Waals surface area contributed by atoms with Gasteiger partial charge in [-0.2, -0.15) is 0 Å². The topological polar surface area (TPSA) is 31.4 Å². The van der Waals surface area contributed by atoms with Gasteiger partial charge in [-0.1, -0.05) is 0 Å². The second kappa shape index (κ2) is 5.58. The predicted molar refractivity (Wildman–Crippen MR) is 81.3 cm³/mol. The third-order valence-corrected chi connectivity index (χ3v) is 4.72. The van der Waals surface area contributed by atoms with Crippen LogP contribution in [0.3, 0.4) is 0 Å². The molecule has 2 heterocycles. The Labute approximate surface area is 123 Å². The molecule has 108 valence electrons. The summed E-state index contributed by atoms with van der Waals surface area (Å²) in [7, 11) is -0.623. The van der Waals surface area contributed by atoms with Crippen LogP contribution in [-0.2, 0) is 10.4 Å². The van der Waals surface area contributed by atoms with Crippen LogP contribution in [-0.4, -0.2) is 49.3 Å². The lowest BCUT2D eigenvalue weighted by Gasteiger charge is -2.34. The van der Waals surface area contributed by atoms with E-state index in [4.69, 9.17) is 9.47 Å². The molecular weight excluding hydrogens is 333 g/mol. The van der Waals surface area contributed by atoms with Crippen LogP contribution in [0.1, 0.15) is 5.56 Å². The van der Waals surface area contributed by atoms with Crippen molar-refractivity contribution in [2.45, 2.75) is 5.67 Å². The molecule has 0 radical (unpaired) electrons. The normalized spacial score (nSPS) is 18.8. The molecule has 3 nitrogen and oxygen atoms in total. The summed E-state index contributed by atoms with van der Waals surface area (Å²) in [5, 5.41) is 0. The molecule has 1 aromatic rings. The molecule has 0 unspecified atom stereocenters. The predicted octanol–water partition coefficient (Wildman–Crippen LogP) is 3.11. The Morgan fingerprint density at radius 1 is 1.47 bits per heavy atom. The van der Waals surface area contributed by atoms with Crippen molar-refractivity contribution >= 4 is 26.0 Å². The fourth-order valence-electron chi connectivity index (χ4n) is 1.69. The lowest BCUT2D eigenvalue weighted by atomic mass is 9.95. The molecule has 0 atom stereocenters. The maximum atomic E-state index is 14.5. The van der Waals surface area contributed by atoms with Gasteiger partial charge < -0.3 is 9.47 Å². The SMILES string of the molecule is CS(C)(C)CCOc1ncc(Br)cc1C1(F)COC1. The quantitative estimate of drug-likeness (QED) is 0.816. The van der Waals surface area contributed by atoms with E-state index in [-0.39, 0.29) is 13.2 Å². The first-order chi connectivity index (χ1) is 8.80. The van der Waals surface area contributed by atoms with Crippen molar-refractivity contribution in [2.24, 2.45) is 0 Å². The second-order valence-electron chi connectivity index (χ2n) is 5.61. The molecule has 1 aliphatic rings. The van der Waals surface area contributed by atoms with Gasteiger partial charge in [-0.15, -0.1) is 0 Å². The first kappa shape index (κ1) is 15.1. The number of aromatic nitrogens is 1. The molecule has 19 heavy (non-hydrogen) atoms. The van der Waals surface area contributed by atoms with Crippen LogP contribution in [0, 0.1) is 0 Å². The van der Waals surface area contributed by atoms with E-state index in [0.29, 0.717) is 18.1 Å². The van der Waals surface area contributed by atoms with E-state index < -0.39 is 15.7 Å². The number of nitrogens with zero attached hydrogens (tertiary/aromatic N) is 1. The summed E-state index contributed by atoms with van der Waals surface area (Å²) in [5.41, 5.74) is -0.974. The monoisotopic (exact) mass is 351 g/mol. The van der Waals surface area contributed by atoms with Gasteiger partial charge in [0.1, 0.15) is 0 Å². The molecule has 0 saturated carbocycles. The fraction of sp³-hybridized carbons (Fsp3) is 0.615. The van der Waals surface area contributed by atoms with E-state index in [1.165, 1.54) is 0 Å². The third kappa shape index (κ3) is 3.83. The number of hydrogen-bond acceptors (Lipinski definition) is 3. The molecule has 2 rings (SSSR count). The third-order valence-electron chi connectivity index (χ3n) is 2.90. The Kier molecular flexibility index (Phi) is 4.42. The molecule has 1 aliphatic heterocycles. The molecule has 6 heteroatoms. The Morgan fingerprint density at radius 2 is 2.16 bits per heavy atom. The summed E-state index contributed by atoms with van der Waals surface area (Å²) in [4.78, 5) is 4.19. The number of pyridine rings is 1. The van der Waals surface area contributed by atoms with E-state index in [9.17, 15) is 4.39 Å². The van der Waals surface area contributed by atoms with Gasteiger partial charge in [0.25, 0.3) is 0 Å². The Morgan fingerprint density at radius 3 is 2.68 bits per heavy atom. The minimum Gasteiger partial charge on any atom is -0.477 e. The van der Waals surface area contributed by atoms with Crippen LogP contribution >= 0.6 is 26.0 Å². The van der Waals surface area contributed by atoms with Crippen LogP contribution in [0.5, 0.6) is 5.88 Å². The molecule has 1 aromatic heterocycles. The van der Waals surface area contributed by atoms with Gasteiger partial charge in [0.15, 0.2) is 5.67 Å². The molecule has 1 saturated heterocycles. The smallest absolute Gasteiger partial charge is 0.220 e. The minimum atomic E-state index is -1.46. The molecule has 0 spiro atoms. The molecule has 1 fully saturated rings. The van der Waals surface area contributed by atoms with Crippen LogP contribution in [0.25, 0.3) is 0 Å². The Hall–Kier alpha value is -0.330. The van der Waals surface area contributed by atoms with Gasteiger partial charge in [-0.3, -0.25) is 0 Å². The largest absolute Gasteiger partial charge is 0.477 e. The molecule has 0 bridgehead atoms. The highest BCUT2D eigenvalue weighted by molar-refractivity contribution is 9.10. The van der Waals surface area contributed by atoms with Gasteiger partial charge in [0.2, 0.25) is 5.88 Å². The maximum Gasteiger partial charge on any atom is 0.220 e. The number of rotatable bonds is 5. The number of halogens is 2. The number of alkyl halides is 1. The van der Waals surface area contributed by atoms with Crippen molar-refractivity contribution in [1.29, 1.82) is 0 Å². The molecule has 0 amide bonds. The highest BCUT2D eigenvalue weighted by Crippen LogP contribution is 2.40. The van der Waals surface area contributed by atoms with Gasteiger partial charge in [0, 0.05) is 16.4 Å². The summed E-state index contributed by atoms with van der Waals surface area (Å²) in [6.07, 6.45) is 8.31. The van der Waals surface area contributed by atoms with Crippen LogP contribution < -0.4 is 4.74 Å². The highest BCUT2D eigenvalue weighted by Gasteiger charge is 2.43. The zero-order chi connectivity index (χ0) is 14.1. The summed E-state index contributed by atoms with van der Waals surface area (Å²) < 4.78 is 25.9. The second-order valence-corrected chi connectivity index (χ2v) is 11.1. The van der Waals surface area contributed by atoms with Gasteiger partial charge in [-0.25, -0.2) is 19.4 Å². The average Bonchev–Trinajstić information content (AvgIpc) is 2.26. The zero-order valence-corrected chi connectivity index (χ0v) is 13.8. The van der Waals surface area contributed by atoms with Crippen molar-refractivity contribution in [3.63, 3.8) is 0 Å². The van der Waals surface area contributed by atoms with Crippen LogP contribution in [0.4, 0.5) is 4.39 Å². The highest BCUT2D eigenvalue weighted by atomic mass is 79.9. The van der Waals surface area contributed by atoms with Crippen molar-refractivity contribution in [1.82, 2.24) is 4.98 Å². The average molecular weight is 352 g/mol. The first-order valence-electron chi connectivity index (χ1n) is 6.02. The minimum absolute atomic E-state index is 0.0754. The van der Waals surface area contributed by atoms with E-state index in [2.05, 4.69) is 39.7 Å². The molecule has 0 aromatic carbocycles. The standard InChI is InChI=1S/C13H19BrFNO2S/c1-19(2,3)5-4-18-12-11(6-10(14)7-16-12)13(15)8-17-9-13/h6-7H,4-5,8-9H2,1-3H3. The van der Waals surface area contributed by atoms with E-state index in [1.54, 1.807) is 12.3 Å². The summed E-state index contributed by atoms with van der Waals surface area (Å²) in [5.74, 6) is 1.36. The summed E-state index contributed by atoms with van der Waals surface area (Å²) >= 11 is 3.32. The van der Waals surface area contributed by atoms with Gasteiger partial charge >= 0.3 is 0 Å². The summed E-state index contributed by atoms with van der Waals surface area (Å²) in [6, 6.07) is 1.73. The molecular formula is C13H19BrFNO2S. The zero-order valence-electron chi connectivity index (χ0n) is 11.4. The van der Waals surface area contributed by atoms with Crippen LogP contribution in [0.15, 0.2) is 16.7 Å². The first-order valence-corrected chi connectivity index (χ1v) is 9.84. The van der Waals surface area contributed by atoms with E-state index in [1.807, 2.05) is 0 Å². The van der Waals surface area contributed by atoms with Crippen molar-refractivity contribution in [3.05, 3.63) is 22.3 Å². The molecule has 0 aliphatic carbocycles. The summed E-state index contributed by atoms with van der Waals surface area (Å²) in [6.45, 7) is 0.718. The molecule has 0 N–H and O–H groups in total. The van der Waals surface area contributed by atoms with Crippen molar-refractivity contribution < 1.29 is 13.9 Å². The maximum absolute atomic E-state index is 14.5. The van der Waals surface area contributed by atoms with Gasteiger partial charge in [-0.05, 0) is 40.8 Å². The van der Waals surface area contributed by atoms with Crippen LogP contribution in [0.2, 0.25) is 0 Å². The van der Waals surface area contributed by atoms with Crippen molar-refractivity contribution in [2.75, 3.05) is 44.3 Å².